The molecule has 3 aromatic rings. The van der Waals surface area contributed by atoms with Crippen LogP contribution in [0.1, 0.15) is 29.5 Å². The van der Waals surface area contributed by atoms with Crippen LogP contribution in [-0.2, 0) is 38.8 Å². The smallest absolute Gasteiger partial charge is 0.410 e. The molecule has 7 nitrogen and oxygen atoms in total. The van der Waals surface area contributed by atoms with Gasteiger partial charge >= 0.3 is 6.09 Å². The van der Waals surface area contributed by atoms with Gasteiger partial charge in [-0.05, 0) is 16.7 Å². The molecule has 7 heteroatoms. The van der Waals surface area contributed by atoms with E-state index in [1.165, 1.54) is 0 Å². The summed E-state index contributed by atoms with van der Waals surface area (Å²) in [5.41, 5.74) is 2.83. The van der Waals surface area contributed by atoms with Gasteiger partial charge in [-0.3, -0.25) is 9.59 Å². The van der Waals surface area contributed by atoms with E-state index in [0.29, 0.717) is 19.7 Å². The van der Waals surface area contributed by atoms with Crippen molar-refractivity contribution in [3.63, 3.8) is 0 Å². The number of rotatable bonds is 11. The first-order chi connectivity index (χ1) is 20.0. The van der Waals surface area contributed by atoms with Crippen LogP contribution < -0.4 is 0 Å². The molecule has 1 aliphatic carbocycles. The number of nitrogens with zero attached hydrogens (tertiary/aromatic N) is 2. The molecule has 0 N–H and O–H groups in total. The van der Waals surface area contributed by atoms with Crippen molar-refractivity contribution in [3.8, 4) is 0 Å². The summed E-state index contributed by atoms with van der Waals surface area (Å²) in [7, 11) is 0. The van der Waals surface area contributed by atoms with E-state index in [-0.39, 0.29) is 55.7 Å². The Bertz CT molecular complexity index is 1330. The van der Waals surface area contributed by atoms with E-state index in [2.05, 4.69) is 6.58 Å². The van der Waals surface area contributed by atoms with E-state index in [1.54, 1.807) is 15.9 Å². The van der Waals surface area contributed by atoms with Crippen LogP contribution in [-0.4, -0.2) is 52.8 Å². The minimum atomic E-state index is -0.546. The summed E-state index contributed by atoms with van der Waals surface area (Å²) in [5, 5.41) is 0. The lowest BCUT2D eigenvalue weighted by molar-refractivity contribution is -0.168. The van der Waals surface area contributed by atoms with Gasteiger partial charge in [0.25, 0.3) is 0 Å². The number of hydrogen-bond acceptors (Lipinski definition) is 5. The Labute approximate surface area is 241 Å². The number of carbonyl (C=O) groups is 3. The van der Waals surface area contributed by atoms with E-state index in [0.717, 1.165) is 16.7 Å². The Morgan fingerprint density at radius 2 is 1.44 bits per heavy atom. The van der Waals surface area contributed by atoms with Crippen molar-refractivity contribution in [2.45, 2.75) is 44.7 Å². The summed E-state index contributed by atoms with van der Waals surface area (Å²) in [5.74, 6) is -0.873. The predicted molar refractivity (Wildman–Crippen MR) is 155 cm³/mol. The standard InChI is InChI=1S/C34H36N2O5/c1-2-18-36-30-20-31(37)29(28(19-32(36)38)33(30)40-23-26-14-8-4-9-15-26)22-35(21-25-12-6-3-7-13-25)34(39)41-24-27-16-10-5-11-17-27/h2-17,28-30,33H,1,18-24H2/t28-,29+,30+,33-/m1/s1. The predicted octanol–water partition coefficient (Wildman–Crippen LogP) is 5.40. The molecule has 1 aliphatic heterocycles. The van der Waals surface area contributed by atoms with Crippen LogP contribution in [0.5, 0.6) is 0 Å². The Kier molecular flexibility index (Phi) is 9.26. The van der Waals surface area contributed by atoms with Gasteiger partial charge < -0.3 is 19.3 Å². The summed E-state index contributed by atoms with van der Waals surface area (Å²) in [6.07, 6.45) is 1.21. The molecule has 1 saturated carbocycles. The number of piperidine rings is 1. The average molecular weight is 553 g/mol. The van der Waals surface area contributed by atoms with E-state index in [1.807, 2.05) is 91.0 Å². The van der Waals surface area contributed by atoms with E-state index in [9.17, 15) is 14.4 Å². The van der Waals surface area contributed by atoms with E-state index in [4.69, 9.17) is 9.47 Å². The SMILES string of the molecule is C=CCN1C(=O)C[C@H]2[C@@H](OCc3ccccc3)[C@@H]1CC(=O)[C@H]2CN(Cc1ccccc1)C(=O)OCc1ccccc1. The zero-order valence-electron chi connectivity index (χ0n) is 23.1. The highest BCUT2D eigenvalue weighted by Crippen LogP contribution is 2.40. The zero-order valence-corrected chi connectivity index (χ0v) is 23.1. The van der Waals surface area contributed by atoms with Gasteiger partial charge in [0.1, 0.15) is 12.4 Å². The number of benzene rings is 3. The van der Waals surface area contributed by atoms with Crippen LogP contribution >= 0.6 is 0 Å². The Morgan fingerprint density at radius 1 is 0.854 bits per heavy atom. The van der Waals surface area contributed by atoms with Crippen molar-refractivity contribution < 1.29 is 23.9 Å². The number of ketones is 1. The van der Waals surface area contributed by atoms with Crippen LogP contribution in [0, 0.1) is 11.8 Å². The van der Waals surface area contributed by atoms with Crippen LogP contribution in [0.15, 0.2) is 104 Å². The fourth-order valence-corrected chi connectivity index (χ4v) is 5.95. The number of fused-ring (bicyclic) bond motifs is 2. The van der Waals surface area contributed by atoms with Crippen molar-refractivity contribution in [3.05, 3.63) is 120 Å². The molecule has 0 radical (unpaired) electrons. The van der Waals surface area contributed by atoms with Crippen molar-refractivity contribution in [2.24, 2.45) is 11.8 Å². The average Bonchev–Trinajstić information content (AvgIpc) is 3.00. The second-order valence-corrected chi connectivity index (χ2v) is 10.7. The van der Waals surface area contributed by atoms with Crippen LogP contribution in [0.2, 0.25) is 0 Å². The number of ether oxygens (including phenoxy) is 2. The molecule has 2 bridgehead atoms. The second kappa shape index (κ2) is 13.4. The molecule has 1 heterocycles. The van der Waals surface area contributed by atoms with E-state index >= 15 is 0 Å². The molecule has 2 amide bonds. The number of likely N-dealkylation sites (tertiary alicyclic amines) is 1. The molecule has 0 aromatic heterocycles. The van der Waals surface area contributed by atoms with Crippen LogP contribution in [0.3, 0.4) is 0 Å². The summed E-state index contributed by atoms with van der Waals surface area (Å²) in [6.45, 7) is 5.13. The van der Waals surface area contributed by atoms with Gasteiger partial charge in [0.05, 0.1) is 18.8 Å². The van der Waals surface area contributed by atoms with Gasteiger partial charge in [-0.2, -0.15) is 0 Å². The minimum Gasteiger partial charge on any atom is -0.445 e. The van der Waals surface area contributed by atoms with Gasteiger partial charge in [0.2, 0.25) is 5.91 Å². The lowest BCUT2D eigenvalue weighted by Crippen LogP contribution is -2.63. The molecule has 212 valence electrons. The molecule has 2 fully saturated rings. The highest BCUT2D eigenvalue weighted by Gasteiger charge is 2.52. The maximum absolute atomic E-state index is 13.7. The largest absolute Gasteiger partial charge is 0.445 e. The lowest BCUT2D eigenvalue weighted by Gasteiger charge is -2.50. The first-order valence-corrected chi connectivity index (χ1v) is 14.1. The number of carbonyl (C=O) groups excluding carboxylic acids is 3. The summed E-state index contributed by atoms with van der Waals surface area (Å²) >= 11 is 0. The minimum absolute atomic E-state index is 0.0155. The van der Waals surface area contributed by atoms with Crippen molar-refractivity contribution >= 4 is 17.8 Å². The van der Waals surface area contributed by atoms with Crippen LogP contribution in [0.4, 0.5) is 4.79 Å². The Balaban J connectivity index is 1.38. The zero-order chi connectivity index (χ0) is 28.6. The lowest BCUT2D eigenvalue weighted by atomic mass is 9.69. The third-order valence-electron chi connectivity index (χ3n) is 7.98. The van der Waals surface area contributed by atoms with Gasteiger partial charge in [-0.25, -0.2) is 4.79 Å². The Morgan fingerprint density at radius 3 is 2.05 bits per heavy atom. The van der Waals surface area contributed by atoms with Gasteiger partial charge in [-0.15, -0.1) is 6.58 Å². The molecule has 5 rings (SSSR count). The summed E-state index contributed by atoms with van der Waals surface area (Å²) in [4.78, 5) is 43.7. The molecular weight excluding hydrogens is 516 g/mol. The first kappa shape index (κ1) is 28.3. The van der Waals surface area contributed by atoms with Crippen LogP contribution in [0.25, 0.3) is 0 Å². The normalized spacial score (nSPS) is 21.8. The van der Waals surface area contributed by atoms with Crippen molar-refractivity contribution in [1.82, 2.24) is 9.80 Å². The third kappa shape index (κ3) is 6.92. The van der Waals surface area contributed by atoms with Gasteiger partial charge in [0, 0.05) is 44.3 Å². The molecular formula is C34H36N2O5. The van der Waals surface area contributed by atoms with Gasteiger partial charge in [0.15, 0.2) is 0 Å². The Hall–Kier alpha value is -4.23. The maximum atomic E-state index is 13.7. The molecule has 4 atom stereocenters. The van der Waals surface area contributed by atoms with E-state index < -0.39 is 12.0 Å². The fraction of sp³-hybridized carbons (Fsp3) is 0.324. The highest BCUT2D eigenvalue weighted by molar-refractivity contribution is 5.88. The fourth-order valence-electron chi connectivity index (χ4n) is 5.95. The third-order valence-corrected chi connectivity index (χ3v) is 7.98. The first-order valence-electron chi connectivity index (χ1n) is 14.1. The maximum Gasteiger partial charge on any atom is 0.410 e. The monoisotopic (exact) mass is 552 g/mol. The summed E-state index contributed by atoms with van der Waals surface area (Å²) in [6, 6.07) is 28.7. The van der Waals surface area contributed by atoms with Crippen molar-refractivity contribution in [1.29, 1.82) is 0 Å². The molecule has 2 aliphatic rings. The highest BCUT2D eigenvalue weighted by atomic mass is 16.6. The molecule has 3 aromatic carbocycles. The number of hydrogen-bond donors (Lipinski definition) is 0. The molecule has 0 spiro atoms. The second-order valence-electron chi connectivity index (χ2n) is 10.7. The summed E-state index contributed by atoms with van der Waals surface area (Å²) < 4.78 is 12.2. The quantitative estimate of drug-likeness (QED) is 0.298. The topological polar surface area (TPSA) is 76.2 Å². The molecule has 41 heavy (non-hydrogen) atoms. The van der Waals surface area contributed by atoms with Gasteiger partial charge in [-0.1, -0.05) is 97.1 Å². The molecule has 0 unspecified atom stereocenters. The molecule has 1 saturated heterocycles. The number of Topliss-reactive ketones (excluding diaryl/α,β-unsaturated/α-hetero) is 1. The van der Waals surface area contributed by atoms with Crippen molar-refractivity contribution in [2.75, 3.05) is 13.1 Å². The number of amides is 2.